The van der Waals surface area contributed by atoms with Gasteiger partial charge < -0.3 is 5.32 Å². The molecule has 0 amide bonds. The van der Waals surface area contributed by atoms with Crippen LogP contribution in [0.25, 0.3) is 0 Å². The minimum absolute atomic E-state index is 0.716. The molecular formula is C6H8N4. The van der Waals surface area contributed by atoms with Crippen molar-refractivity contribution in [2.75, 3.05) is 5.32 Å². The molecule has 1 aliphatic heterocycles. The largest absolute Gasteiger partial charge is 0.341 e. The summed E-state index contributed by atoms with van der Waals surface area (Å²) in [6.45, 7) is 2.66. The Morgan fingerprint density at radius 2 is 2.50 bits per heavy atom. The molecule has 0 aliphatic carbocycles. The molecule has 52 valence electrons. The van der Waals surface area contributed by atoms with E-state index in [4.69, 9.17) is 0 Å². The minimum Gasteiger partial charge on any atom is -0.341 e. The third kappa shape index (κ3) is 0.689. The van der Waals surface area contributed by atoms with Gasteiger partial charge in [0, 0.05) is 0 Å². The Morgan fingerprint density at radius 1 is 1.60 bits per heavy atom. The summed E-state index contributed by atoms with van der Waals surface area (Å²) in [5.74, 6) is 0.953. The summed E-state index contributed by atoms with van der Waals surface area (Å²) in [6.07, 6.45) is 1.77. The van der Waals surface area contributed by atoms with E-state index in [1.54, 1.807) is 6.20 Å². The first-order valence-corrected chi connectivity index (χ1v) is 3.16. The molecular weight excluding hydrogens is 128 g/mol. The highest BCUT2D eigenvalue weighted by molar-refractivity contribution is 5.95. The van der Waals surface area contributed by atoms with Gasteiger partial charge in [-0.2, -0.15) is 5.10 Å². The van der Waals surface area contributed by atoms with Crippen LogP contribution in [0.5, 0.6) is 0 Å². The molecule has 0 saturated heterocycles. The summed E-state index contributed by atoms with van der Waals surface area (Å²) < 4.78 is 0. The molecule has 1 aromatic heterocycles. The normalized spacial score (nSPS) is 15.5. The fourth-order valence-electron chi connectivity index (χ4n) is 0.973. The lowest BCUT2D eigenvalue weighted by molar-refractivity contribution is 0.939. The van der Waals surface area contributed by atoms with Crippen molar-refractivity contribution in [3.8, 4) is 0 Å². The van der Waals surface area contributed by atoms with Crippen LogP contribution in [0, 0.1) is 0 Å². The molecule has 2 N–H and O–H groups in total. The van der Waals surface area contributed by atoms with Crippen molar-refractivity contribution < 1.29 is 0 Å². The van der Waals surface area contributed by atoms with Gasteiger partial charge in [-0.05, 0) is 6.92 Å². The summed E-state index contributed by atoms with van der Waals surface area (Å²) in [7, 11) is 0. The second-order valence-corrected chi connectivity index (χ2v) is 2.29. The van der Waals surface area contributed by atoms with Gasteiger partial charge in [-0.1, -0.05) is 0 Å². The first kappa shape index (κ1) is 5.46. The van der Waals surface area contributed by atoms with Gasteiger partial charge in [-0.15, -0.1) is 0 Å². The number of fused-ring (bicyclic) bond motifs is 1. The molecule has 0 bridgehead atoms. The smallest absolute Gasteiger partial charge is 0.0981 e. The Bertz CT molecular complexity index is 273. The third-order valence-corrected chi connectivity index (χ3v) is 1.51. The fraction of sp³-hybridized carbons (Fsp3) is 0.333. The molecule has 4 heteroatoms. The van der Waals surface area contributed by atoms with Crippen LogP contribution in [0.1, 0.15) is 12.6 Å². The van der Waals surface area contributed by atoms with Crippen molar-refractivity contribution in [3.05, 3.63) is 11.9 Å². The van der Waals surface area contributed by atoms with Crippen molar-refractivity contribution in [2.45, 2.75) is 13.5 Å². The molecule has 10 heavy (non-hydrogen) atoms. The van der Waals surface area contributed by atoms with E-state index in [1.165, 1.54) is 0 Å². The van der Waals surface area contributed by atoms with Crippen molar-refractivity contribution in [1.29, 1.82) is 0 Å². The molecule has 2 heterocycles. The highest BCUT2D eigenvalue weighted by atomic mass is 15.2. The zero-order chi connectivity index (χ0) is 6.97. The topological polar surface area (TPSA) is 53.1 Å². The second kappa shape index (κ2) is 1.83. The summed E-state index contributed by atoms with van der Waals surface area (Å²) in [6, 6.07) is 0. The van der Waals surface area contributed by atoms with E-state index in [0.717, 1.165) is 17.2 Å². The maximum Gasteiger partial charge on any atom is 0.0981 e. The van der Waals surface area contributed by atoms with Gasteiger partial charge in [0.15, 0.2) is 0 Å². The number of aromatic amines is 1. The summed E-state index contributed by atoms with van der Waals surface area (Å²) >= 11 is 0. The van der Waals surface area contributed by atoms with Crippen molar-refractivity contribution in [3.63, 3.8) is 0 Å². The molecule has 0 unspecified atom stereocenters. The van der Waals surface area contributed by atoms with Crippen LogP contribution in [0.4, 0.5) is 5.69 Å². The van der Waals surface area contributed by atoms with Gasteiger partial charge in [0.25, 0.3) is 0 Å². The fourth-order valence-corrected chi connectivity index (χ4v) is 0.973. The maximum atomic E-state index is 4.18. The Hall–Kier alpha value is -1.32. The number of aromatic nitrogens is 2. The van der Waals surface area contributed by atoms with Gasteiger partial charge >= 0.3 is 0 Å². The lowest BCUT2D eigenvalue weighted by atomic mass is 10.3. The Balaban J connectivity index is 2.39. The zero-order valence-electron chi connectivity index (χ0n) is 5.68. The standard InChI is InChI=1S/C6H8N4/c1-4-7-2-6-5(9-4)3-8-10-6/h3H,2H2,1H3,(H,7,9)(H,8,10). The Labute approximate surface area is 58.4 Å². The average Bonchev–Trinajstić information content (AvgIpc) is 2.33. The Morgan fingerprint density at radius 3 is 3.40 bits per heavy atom. The van der Waals surface area contributed by atoms with Crippen molar-refractivity contribution >= 4 is 11.5 Å². The van der Waals surface area contributed by atoms with E-state index >= 15 is 0 Å². The predicted molar refractivity (Wildman–Crippen MR) is 39.0 cm³/mol. The van der Waals surface area contributed by atoms with E-state index in [9.17, 15) is 0 Å². The van der Waals surface area contributed by atoms with Crippen molar-refractivity contribution in [2.24, 2.45) is 4.99 Å². The first-order chi connectivity index (χ1) is 4.86. The van der Waals surface area contributed by atoms with Crippen LogP contribution in [-0.4, -0.2) is 16.0 Å². The zero-order valence-corrected chi connectivity index (χ0v) is 5.68. The number of rotatable bonds is 0. The number of hydrogen-bond donors (Lipinski definition) is 2. The molecule has 0 atom stereocenters. The molecule has 0 spiro atoms. The van der Waals surface area contributed by atoms with Crippen LogP contribution in [0.3, 0.4) is 0 Å². The number of anilines is 1. The Kier molecular flexibility index (Phi) is 1.00. The second-order valence-electron chi connectivity index (χ2n) is 2.29. The van der Waals surface area contributed by atoms with Crippen LogP contribution in [0.15, 0.2) is 11.2 Å². The molecule has 0 fully saturated rings. The van der Waals surface area contributed by atoms with E-state index in [0.29, 0.717) is 6.54 Å². The molecule has 1 aliphatic rings. The highest BCUT2D eigenvalue weighted by Crippen LogP contribution is 2.15. The van der Waals surface area contributed by atoms with Gasteiger partial charge in [0.1, 0.15) is 0 Å². The van der Waals surface area contributed by atoms with Gasteiger partial charge in [0.05, 0.1) is 30.0 Å². The first-order valence-electron chi connectivity index (χ1n) is 3.16. The number of nitrogens with zero attached hydrogens (tertiary/aromatic N) is 2. The molecule has 0 saturated carbocycles. The number of amidine groups is 1. The lowest BCUT2D eigenvalue weighted by Gasteiger charge is -2.09. The quantitative estimate of drug-likeness (QED) is 0.553. The van der Waals surface area contributed by atoms with Gasteiger partial charge in [-0.25, -0.2) is 0 Å². The third-order valence-electron chi connectivity index (χ3n) is 1.51. The maximum absolute atomic E-state index is 4.18. The van der Waals surface area contributed by atoms with Crippen LogP contribution < -0.4 is 5.32 Å². The van der Waals surface area contributed by atoms with E-state index in [-0.39, 0.29) is 0 Å². The molecule has 1 aromatic rings. The van der Waals surface area contributed by atoms with E-state index in [1.807, 2.05) is 6.92 Å². The van der Waals surface area contributed by atoms with E-state index in [2.05, 4.69) is 20.5 Å². The molecule has 2 rings (SSSR count). The van der Waals surface area contributed by atoms with Crippen LogP contribution >= 0.6 is 0 Å². The van der Waals surface area contributed by atoms with Crippen molar-refractivity contribution in [1.82, 2.24) is 10.2 Å². The van der Waals surface area contributed by atoms with Crippen LogP contribution in [-0.2, 0) is 6.54 Å². The summed E-state index contributed by atoms with van der Waals surface area (Å²) in [4.78, 5) is 4.18. The summed E-state index contributed by atoms with van der Waals surface area (Å²) in [5, 5.41) is 9.83. The lowest BCUT2D eigenvalue weighted by Crippen LogP contribution is -2.12. The van der Waals surface area contributed by atoms with Gasteiger partial charge in [0.2, 0.25) is 0 Å². The molecule has 4 nitrogen and oxygen atoms in total. The average molecular weight is 136 g/mol. The van der Waals surface area contributed by atoms with Gasteiger partial charge in [-0.3, -0.25) is 10.1 Å². The summed E-state index contributed by atoms with van der Waals surface area (Å²) in [5.41, 5.74) is 2.11. The number of hydrogen-bond acceptors (Lipinski definition) is 3. The predicted octanol–water partition coefficient (Wildman–Crippen LogP) is 0.754. The number of H-pyrrole nitrogens is 1. The number of nitrogens with one attached hydrogen (secondary N) is 2. The minimum atomic E-state index is 0.716. The monoisotopic (exact) mass is 136 g/mol. The highest BCUT2D eigenvalue weighted by Gasteiger charge is 2.08. The van der Waals surface area contributed by atoms with Crippen LogP contribution in [0.2, 0.25) is 0 Å². The molecule has 0 radical (unpaired) electrons. The number of aliphatic imine (C=N–C) groups is 1. The SMILES string of the molecule is CC1=NCc2[nH]ncc2N1. The van der Waals surface area contributed by atoms with E-state index < -0.39 is 0 Å². The molecule has 0 aromatic carbocycles.